The SMILES string of the molecule is CC(C)(C(=O)N[C@@H]1COC[C@H]1Cc1ccnc2ccccc12)N1CCOCC1. The molecule has 0 spiro atoms. The second kappa shape index (κ2) is 8.15. The number of amides is 1. The molecule has 1 N–H and O–H groups in total. The Kier molecular flexibility index (Phi) is 5.62. The minimum atomic E-state index is -0.555. The molecule has 0 radical (unpaired) electrons. The summed E-state index contributed by atoms with van der Waals surface area (Å²) in [6.45, 7) is 8.16. The lowest BCUT2D eigenvalue weighted by molar-refractivity contribution is -0.135. The maximum absolute atomic E-state index is 13.1. The van der Waals surface area contributed by atoms with Gasteiger partial charge in [-0.1, -0.05) is 18.2 Å². The molecule has 6 heteroatoms. The molecule has 0 bridgehead atoms. The Labute approximate surface area is 166 Å². The fourth-order valence-corrected chi connectivity index (χ4v) is 4.19. The number of carbonyl (C=O) groups excluding carboxylic acids is 1. The minimum Gasteiger partial charge on any atom is -0.379 e. The van der Waals surface area contributed by atoms with Gasteiger partial charge in [-0.25, -0.2) is 0 Å². The van der Waals surface area contributed by atoms with Crippen molar-refractivity contribution in [1.82, 2.24) is 15.2 Å². The van der Waals surface area contributed by atoms with Crippen molar-refractivity contribution in [2.24, 2.45) is 5.92 Å². The lowest BCUT2D eigenvalue weighted by Gasteiger charge is -2.40. The molecule has 28 heavy (non-hydrogen) atoms. The highest BCUT2D eigenvalue weighted by atomic mass is 16.5. The maximum atomic E-state index is 13.1. The third kappa shape index (κ3) is 3.90. The van der Waals surface area contributed by atoms with Gasteiger partial charge < -0.3 is 14.8 Å². The molecule has 2 saturated heterocycles. The summed E-state index contributed by atoms with van der Waals surface area (Å²) in [5.74, 6) is 0.324. The maximum Gasteiger partial charge on any atom is 0.240 e. The molecule has 0 unspecified atom stereocenters. The van der Waals surface area contributed by atoms with Crippen molar-refractivity contribution >= 4 is 16.8 Å². The zero-order chi connectivity index (χ0) is 19.6. The Morgan fingerprint density at radius 3 is 2.79 bits per heavy atom. The van der Waals surface area contributed by atoms with Crippen molar-refractivity contribution in [3.05, 3.63) is 42.1 Å². The van der Waals surface area contributed by atoms with Crippen LogP contribution in [-0.4, -0.2) is 66.9 Å². The van der Waals surface area contributed by atoms with Crippen LogP contribution in [0, 0.1) is 5.92 Å². The molecule has 0 aliphatic carbocycles. The molecular weight excluding hydrogens is 354 g/mol. The molecule has 1 amide bonds. The molecule has 1 aromatic carbocycles. The standard InChI is InChI=1S/C22H29N3O3/c1-22(2,25-9-11-27-12-10-25)21(26)24-20-15-28-14-17(20)13-16-7-8-23-19-6-4-3-5-18(16)19/h3-8,17,20H,9-15H2,1-2H3,(H,24,26)/t17-,20-/m1/s1. The van der Waals surface area contributed by atoms with Crippen LogP contribution < -0.4 is 5.32 Å². The highest BCUT2D eigenvalue weighted by Gasteiger charge is 2.39. The van der Waals surface area contributed by atoms with Gasteiger partial charge in [-0.3, -0.25) is 14.7 Å². The number of rotatable bonds is 5. The van der Waals surface area contributed by atoms with Crippen molar-refractivity contribution in [3.8, 4) is 0 Å². The minimum absolute atomic E-state index is 0.0275. The summed E-state index contributed by atoms with van der Waals surface area (Å²) in [5.41, 5.74) is 1.71. The van der Waals surface area contributed by atoms with E-state index in [2.05, 4.69) is 27.3 Å². The molecule has 3 heterocycles. The van der Waals surface area contributed by atoms with Crippen LogP contribution in [0.15, 0.2) is 36.5 Å². The van der Waals surface area contributed by atoms with Crippen LogP contribution in [0.4, 0.5) is 0 Å². The van der Waals surface area contributed by atoms with E-state index < -0.39 is 5.54 Å². The quantitative estimate of drug-likeness (QED) is 0.856. The molecule has 2 aromatic rings. The van der Waals surface area contributed by atoms with Gasteiger partial charge in [0.15, 0.2) is 0 Å². The number of ether oxygens (including phenoxy) is 2. The van der Waals surface area contributed by atoms with E-state index in [1.165, 1.54) is 10.9 Å². The van der Waals surface area contributed by atoms with Crippen molar-refractivity contribution in [2.45, 2.75) is 31.8 Å². The van der Waals surface area contributed by atoms with Gasteiger partial charge in [-0.2, -0.15) is 0 Å². The number of hydrogen-bond donors (Lipinski definition) is 1. The summed E-state index contributed by atoms with van der Waals surface area (Å²) >= 11 is 0. The monoisotopic (exact) mass is 383 g/mol. The first-order valence-corrected chi connectivity index (χ1v) is 10.1. The zero-order valence-corrected chi connectivity index (χ0v) is 16.7. The van der Waals surface area contributed by atoms with Gasteiger partial charge in [0, 0.05) is 30.6 Å². The average molecular weight is 383 g/mol. The predicted octanol–water partition coefficient (Wildman–Crippen LogP) is 2.02. The largest absolute Gasteiger partial charge is 0.379 e. The fourth-order valence-electron chi connectivity index (χ4n) is 4.19. The first-order valence-electron chi connectivity index (χ1n) is 10.1. The third-order valence-electron chi connectivity index (χ3n) is 6.09. The summed E-state index contributed by atoms with van der Waals surface area (Å²) in [6.07, 6.45) is 2.73. The topological polar surface area (TPSA) is 63.7 Å². The number of fused-ring (bicyclic) bond motifs is 1. The number of hydrogen-bond acceptors (Lipinski definition) is 5. The van der Waals surface area contributed by atoms with E-state index in [0.29, 0.717) is 26.4 Å². The Morgan fingerprint density at radius 1 is 1.18 bits per heavy atom. The van der Waals surface area contributed by atoms with Crippen LogP contribution in [0.25, 0.3) is 10.9 Å². The van der Waals surface area contributed by atoms with Gasteiger partial charge in [-0.15, -0.1) is 0 Å². The highest BCUT2D eigenvalue weighted by molar-refractivity contribution is 5.86. The Balaban J connectivity index is 1.45. The van der Waals surface area contributed by atoms with Crippen LogP contribution in [0.3, 0.4) is 0 Å². The van der Waals surface area contributed by atoms with Crippen LogP contribution in [-0.2, 0) is 20.7 Å². The van der Waals surface area contributed by atoms with Crippen molar-refractivity contribution in [3.63, 3.8) is 0 Å². The summed E-state index contributed by atoms with van der Waals surface area (Å²) < 4.78 is 11.2. The summed E-state index contributed by atoms with van der Waals surface area (Å²) in [6, 6.07) is 10.3. The first kappa shape index (κ1) is 19.3. The molecular formula is C22H29N3O3. The van der Waals surface area contributed by atoms with E-state index >= 15 is 0 Å². The van der Waals surface area contributed by atoms with E-state index in [0.717, 1.165) is 25.0 Å². The van der Waals surface area contributed by atoms with Crippen LogP contribution in [0.2, 0.25) is 0 Å². The normalized spacial score (nSPS) is 23.8. The van der Waals surface area contributed by atoms with Crippen molar-refractivity contribution in [2.75, 3.05) is 39.5 Å². The molecule has 2 aliphatic heterocycles. The van der Waals surface area contributed by atoms with E-state index in [1.54, 1.807) is 0 Å². The number of aromatic nitrogens is 1. The lowest BCUT2D eigenvalue weighted by atomic mass is 9.92. The van der Waals surface area contributed by atoms with Gasteiger partial charge in [0.1, 0.15) is 0 Å². The number of nitrogens with one attached hydrogen (secondary N) is 1. The number of benzene rings is 1. The molecule has 2 aliphatic rings. The number of carbonyl (C=O) groups is 1. The smallest absolute Gasteiger partial charge is 0.240 e. The molecule has 2 fully saturated rings. The second-order valence-corrected chi connectivity index (χ2v) is 8.23. The molecule has 0 saturated carbocycles. The lowest BCUT2D eigenvalue weighted by Crippen LogP contribution is -2.60. The fraction of sp³-hybridized carbons (Fsp3) is 0.545. The van der Waals surface area contributed by atoms with Gasteiger partial charge in [-0.05, 0) is 38.0 Å². The zero-order valence-electron chi connectivity index (χ0n) is 16.7. The van der Waals surface area contributed by atoms with Gasteiger partial charge in [0.05, 0.1) is 43.5 Å². The van der Waals surface area contributed by atoms with Gasteiger partial charge in [0.25, 0.3) is 0 Å². The summed E-state index contributed by atoms with van der Waals surface area (Å²) in [7, 11) is 0. The molecule has 6 nitrogen and oxygen atoms in total. The number of pyridine rings is 1. The second-order valence-electron chi connectivity index (χ2n) is 8.23. The van der Waals surface area contributed by atoms with E-state index in [1.807, 2.05) is 38.2 Å². The van der Waals surface area contributed by atoms with E-state index in [9.17, 15) is 4.79 Å². The molecule has 150 valence electrons. The molecule has 1 aromatic heterocycles. The first-order chi connectivity index (χ1) is 13.6. The highest BCUT2D eigenvalue weighted by Crippen LogP contribution is 2.25. The molecule has 2 atom stereocenters. The summed E-state index contributed by atoms with van der Waals surface area (Å²) in [4.78, 5) is 19.7. The van der Waals surface area contributed by atoms with Crippen molar-refractivity contribution in [1.29, 1.82) is 0 Å². The van der Waals surface area contributed by atoms with Crippen LogP contribution >= 0.6 is 0 Å². The number of morpholine rings is 1. The Morgan fingerprint density at radius 2 is 1.96 bits per heavy atom. The van der Waals surface area contributed by atoms with Crippen molar-refractivity contribution < 1.29 is 14.3 Å². The summed E-state index contributed by atoms with van der Waals surface area (Å²) in [5, 5.41) is 4.45. The predicted molar refractivity (Wildman–Crippen MR) is 108 cm³/mol. The van der Waals surface area contributed by atoms with Crippen LogP contribution in [0.1, 0.15) is 19.4 Å². The number of nitrogens with zero attached hydrogens (tertiary/aromatic N) is 2. The van der Waals surface area contributed by atoms with E-state index in [-0.39, 0.29) is 17.9 Å². The molecule has 4 rings (SSSR count). The Bertz CT molecular complexity index is 827. The average Bonchev–Trinajstić information content (AvgIpc) is 3.15. The van der Waals surface area contributed by atoms with E-state index in [4.69, 9.17) is 9.47 Å². The van der Waals surface area contributed by atoms with Gasteiger partial charge >= 0.3 is 0 Å². The number of para-hydroxylation sites is 1. The Hall–Kier alpha value is -2.02. The van der Waals surface area contributed by atoms with Crippen LogP contribution in [0.5, 0.6) is 0 Å². The third-order valence-corrected chi connectivity index (χ3v) is 6.09. The van der Waals surface area contributed by atoms with Gasteiger partial charge in [0.2, 0.25) is 5.91 Å².